The average Bonchev–Trinajstić information content (AvgIpc) is 2.85. The fourth-order valence-electron chi connectivity index (χ4n) is 3.41. The molecule has 0 saturated carbocycles. The monoisotopic (exact) mass is 430 g/mol. The lowest BCUT2D eigenvalue weighted by Crippen LogP contribution is -2.00. The van der Waals surface area contributed by atoms with Crippen molar-refractivity contribution in [1.82, 2.24) is 0 Å². The number of rotatable bonds is 12. The first kappa shape index (κ1) is 23.1. The van der Waals surface area contributed by atoms with Crippen LogP contribution in [0.3, 0.4) is 0 Å². The molecule has 0 aliphatic heterocycles. The van der Waals surface area contributed by atoms with Gasteiger partial charge in [-0.2, -0.15) is 0 Å². The van der Waals surface area contributed by atoms with Crippen LogP contribution in [0.2, 0.25) is 0 Å². The van der Waals surface area contributed by atoms with Crippen LogP contribution in [0, 0.1) is 0 Å². The molecule has 0 bridgehead atoms. The Morgan fingerprint density at radius 3 is 2.00 bits per heavy atom. The SMILES string of the molecule is COc1cc(/C=C/C(=O)CCCCc2ccccc2)cc(OC)c1OCc1ccccc1. The number of hydrogen-bond acceptors (Lipinski definition) is 4. The van der Waals surface area contributed by atoms with E-state index in [0.29, 0.717) is 30.3 Å². The molecule has 0 saturated heterocycles. The van der Waals surface area contributed by atoms with Gasteiger partial charge in [0.25, 0.3) is 0 Å². The molecule has 0 aliphatic rings. The van der Waals surface area contributed by atoms with Gasteiger partial charge in [0.05, 0.1) is 14.2 Å². The zero-order chi connectivity index (χ0) is 22.6. The van der Waals surface area contributed by atoms with Gasteiger partial charge in [-0.3, -0.25) is 4.79 Å². The fourth-order valence-corrected chi connectivity index (χ4v) is 3.41. The highest BCUT2D eigenvalue weighted by Gasteiger charge is 2.14. The van der Waals surface area contributed by atoms with E-state index in [0.717, 1.165) is 30.4 Å². The third-order valence-electron chi connectivity index (χ3n) is 5.15. The van der Waals surface area contributed by atoms with Crippen molar-refractivity contribution in [1.29, 1.82) is 0 Å². The highest BCUT2D eigenvalue weighted by Crippen LogP contribution is 2.39. The number of carbonyl (C=O) groups is 1. The molecule has 0 fully saturated rings. The minimum absolute atomic E-state index is 0.111. The molecule has 32 heavy (non-hydrogen) atoms. The summed E-state index contributed by atoms with van der Waals surface area (Å²) >= 11 is 0. The van der Waals surface area contributed by atoms with Crippen LogP contribution in [0.15, 0.2) is 78.9 Å². The van der Waals surface area contributed by atoms with E-state index in [1.54, 1.807) is 26.4 Å². The third kappa shape index (κ3) is 7.02. The molecule has 4 heteroatoms. The summed E-state index contributed by atoms with van der Waals surface area (Å²) in [4.78, 5) is 12.3. The molecule has 0 atom stereocenters. The second-order valence-corrected chi connectivity index (χ2v) is 7.52. The Hall–Kier alpha value is -3.53. The number of hydrogen-bond donors (Lipinski definition) is 0. The summed E-state index contributed by atoms with van der Waals surface area (Å²) < 4.78 is 17.0. The van der Waals surface area contributed by atoms with E-state index in [4.69, 9.17) is 14.2 Å². The molecule has 166 valence electrons. The molecular formula is C28H30O4. The molecule has 0 aliphatic carbocycles. The Morgan fingerprint density at radius 2 is 1.41 bits per heavy atom. The second-order valence-electron chi connectivity index (χ2n) is 7.52. The Labute approximate surface area is 190 Å². The van der Waals surface area contributed by atoms with Crippen molar-refractivity contribution in [2.75, 3.05) is 14.2 Å². The summed E-state index contributed by atoms with van der Waals surface area (Å²) in [5.74, 6) is 1.79. The maximum Gasteiger partial charge on any atom is 0.203 e. The molecular weight excluding hydrogens is 400 g/mol. The van der Waals surface area contributed by atoms with Crippen LogP contribution in [0.25, 0.3) is 6.08 Å². The van der Waals surface area contributed by atoms with Gasteiger partial charge < -0.3 is 14.2 Å². The molecule has 0 N–H and O–H groups in total. The lowest BCUT2D eigenvalue weighted by molar-refractivity contribution is -0.114. The highest BCUT2D eigenvalue weighted by molar-refractivity contribution is 5.93. The maximum atomic E-state index is 12.3. The van der Waals surface area contributed by atoms with E-state index in [9.17, 15) is 4.79 Å². The lowest BCUT2D eigenvalue weighted by atomic mass is 10.1. The minimum Gasteiger partial charge on any atom is -0.493 e. The van der Waals surface area contributed by atoms with E-state index < -0.39 is 0 Å². The largest absolute Gasteiger partial charge is 0.493 e. The fraction of sp³-hybridized carbons (Fsp3) is 0.250. The van der Waals surface area contributed by atoms with Crippen LogP contribution in [0.1, 0.15) is 36.0 Å². The quantitative estimate of drug-likeness (QED) is 0.251. The molecule has 0 amide bonds. The van der Waals surface area contributed by atoms with Gasteiger partial charge in [-0.05, 0) is 54.2 Å². The molecule has 3 aromatic carbocycles. The van der Waals surface area contributed by atoms with Crippen molar-refractivity contribution in [2.45, 2.75) is 32.3 Å². The number of carbonyl (C=O) groups excluding carboxylic acids is 1. The number of methoxy groups -OCH3 is 2. The zero-order valence-electron chi connectivity index (χ0n) is 18.8. The normalized spacial score (nSPS) is 10.8. The van der Waals surface area contributed by atoms with Crippen LogP contribution < -0.4 is 14.2 Å². The van der Waals surface area contributed by atoms with Crippen molar-refractivity contribution >= 4 is 11.9 Å². The zero-order valence-corrected chi connectivity index (χ0v) is 18.8. The summed E-state index contributed by atoms with van der Waals surface area (Å²) in [6.07, 6.45) is 6.83. The lowest BCUT2D eigenvalue weighted by Gasteiger charge is -2.15. The van der Waals surface area contributed by atoms with Crippen LogP contribution in [0.5, 0.6) is 17.2 Å². The predicted molar refractivity (Wildman–Crippen MR) is 128 cm³/mol. The van der Waals surface area contributed by atoms with Crippen molar-refractivity contribution in [3.05, 3.63) is 95.6 Å². The van der Waals surface area contributed by atoms with Crippen LogP contribution in [-0.2, 0) is 17.8 Å². The first-order valence-electron chi connectivity index (χ1n) is 10.9. The van der Waals surface area contributed by atoms with Crippen LogP contribution >= 0.6 is 0 Å². The van der Waals surface area contributed by atoms with E-state index in [1.807, 2.05) is 60.7 Å². The summed E-state index contributed by atoms with van der Waals surface area (Å²) in [6, 6.07) is 24.0. The number of ether oxygens (including phenoxy) is 3. The van der Waals surface area contributed by atoms with Gasteiger partial charge >= 0.3 is 0 Å². The molecule has 3 aromatic rings. The first-order chi connectivity index (χ1) is 15.7. The van der Waals surface area contributed by atoms with E-state index in [2.05, 4.69) is 12.1 Å². The summed E-state index contributed by atoms with van der Waals surface area (Å²) in [7, 11) is 3.19. The van der Waals surface area contributed by atoms with Gasteiger partial charge in [-0.1, -0.05) is 66.7 Å². The Balaban J connectivity index is 1.58. The Bertz CT molecular complexity index is 985. The average molecular weight is 431 g/mol. The Morgan fingerprint density at radius 1 is 0.812 bits per heavy atom. The predicted octanol–water partition coefficient (Wildman–Crippen LogP) is 6.28. The molecule has 0 aromatic heterocycles. The van der Waals surface area contributed by atoms with Gasteiger partial charge in [0.2, 0.25) is 5.75 Å². The maximum absolute atomic E-state index is 12.3. The van der Waals surface area contributed by atoms with Crippen molar-refractivity contribution in [2.24, 2.45) is 0 Å². The van der Waals surface area contributed by atoms with Gasteiger partial charge in [0.1, 0.15) is 6.61 Å². The summed E-state index contributed by atoms with van der Waals surface area (Å²) in [6.45, 7) is 0.407. The van der Waals surface area contributed by atoms with E-state index >= 15 is 0 Å². The van der Waals surface area contributed by atoms with Crippen molar-refractivity contribution in [3.8, 4) is 17.2 Å². The topological polar surface area (TPSA) is 44.8 Å². The molecule has 0 radical (unpaired) electrons. The molecule has 3 rings (SSSR count). The first-order valence-corrected chi connectivity index (χ1v) is 10.9. The minimum atomic E-state index is 0.111. The third-order valence-corrected chi connectivity index (χ3v) is 5.15. The number of benzene rings is 3. The second kappa shape index (κ2) is 12.4. The highest BCUT2D eigenvalue weighted by atomic mass is 16.5. The summed E-state index contributed by atoms with van der Waals surface area (Å²) in [5, 5.41) is 0. The molecule has 4 nitrogen and oxygen atoms in total. The van der Waals surface area contributed by atoms with Gasteiger partial charge in [0.15, 0.2) is 17.3 Å². The molecule has 0 spiro atoms. The Kier molecular flexibility index (Phi) is 8.93. The summed E-state index contributed by atoms with van der Waals surface area (Å²) in [5.41, 5.74) is 3.19. The van der Waals surface area contributed by atoms with Gasteiger partial charge in [0, 0.05) is 6.42 Å². The number of ketones is 1. The molecule has 0 unspecified atom stereocenters. The van der Waals surface area contributed by atoms with E-state index in [-0.39, 0.29) is 5.78 Å². The van der Waals surface area contributed by atoms with Gasteiger partial charge in [-0.15, -0.1) is 0 Å². The van der Waals surface area contributed by atoms with Crippen molar-refractivity contribution < 1.29 is 19.0 Å². The number of allylic oxidation sites excluding steroid dienone is 1. The molecule has 0 heterocycles. The smallest absolute Gasteiger partial charge is 0.203 e. The number of aryl methyl sites for hydroxylation is 1. The van der Waals surface area contributed by atoms with Gasteiger partial charge in [-0.25, -0.2) is 0 Å². The van der Waals surface area contributed by atoms with E-state index in [1.165, 1.54) is 5.56 Å². The van der Waals surface area contributed by atoms with Crippen molar-refractivity contribution in [3.63, 3.8) is 0 Å². The van der Waals surface area contributed by atoms with Crippen LogP contribution in [0.4, 0.5) is 0 Å². The number of unbranched alkanes of at least 4 members (excludes halogenated alkanes) is 1. The standard InChI is InChI=1S/C28H30O4/c1-30-26-19-24(17-18-25(29)16-10-9-13-22-11-5-3-6-12-22)20-27(31-2)28(26)32-21-23-14-7-4-8-15-23/h3-8,11-12,14-15,17-20H,9-10,13,16,21H2,1-2H3/b18-17+. The van der Waals surface area contributed by atoms with Crippen LogP contribution in [-0.4, -0.2) is 20.0 Å².